The molecule has 0 unspecified atom stereocenters. The van der Waals surface area contributed by atoms with E-state index in [1.54, 1.807) is 0 Å². The molecule has 0 bridgehead atoms. The minimum atomic E-state index is -3.98. The largest absolute Gasteiger partial charge is 0.427 e. The SMILES string of the molecule is O=Cc1ccc2nc(S(=O)(=O)Cl)oc2c1. The Labute approximate surface area is 89.1 Å². The zero-order valence-electron chi connectivity index (χ0n) is 7.18. The number of hydrogen-bond donors (Lipinski definition) is 0. The summed E-state index contributed by atoms with van der Waals surface area (Å²) in [6.45, 7) is 0. The lowest BCUT2D eigenvalue weighted by molar-refractivity contribution is 0.112. The highest BCUT2D eigenvalue weighted by Crippen LogP contribution is 2.21. The van der Waals surface area contributed by atoms with Crippen LogP contribution in [0.15, 0.2) is 27.8 Å². The third-order valence-corrected chi connectivity index (χ3v) is 2.73. The Morgan fingerprint density at radius 2 is 2.13 bits per heavy atom. The van der Waals surface area contributed by atoms with Crippen molar-refractivity contribution >= 4 is 37.1 Å². The summed E-state index contributed by atoms with van der Waals surface area (Å²) in [5, 5.41) is -0.567. The van der Waals surface area contributed by atoms with Crippen LogP contribution in [0, 0.1) is 0 Å². The monoisotopic (exact) mass is 245 g/mol. The molecule has 1 heterocycles. The third-order valence-electron chi connectivity index (χ3n) is 1.74. The lowest BCUT2D eigenvalue weighted by Crippen LogP contribution is -1.88. The van der Waals surface area contributed by atoms with Crippen molar-refractivity contribution in [2.45, 2.75) is 5.22 Å². The van der Waals surface area contributed by atoms with E-state index in [0.717, 1.165) is 0 Å². The van der Waals surface area contributed by atoms with Gasteiger partial charge in [0.1, 0.15) is 11.8 Å². The second kappa shape index (κ2) is 3.32. The van der Waals surface area contributed by atoms with Gasteiger partial charge >= 0.3 is 14.3 Å². The Kier molecular flexibility index (Phi) is 2.24. The van der Waals surface area contributed by atoms with Crippen LogP contribution in [-0.4, -0.2) is 19.7 Å². The van der Waals surface area contributed by atoms with Crippen LogP contribution in [0.1, 0.15) is 10.4 Å². The Hall–Kier alpha value is -1.40. The summed E-state index contributed by atoms with van der Waals surface area (Å²) in [7, 11) is 1.07. The van der Waals surface area contributed by atoms with E-state index < -0.39 is 14.3 Å². The van der Waals surface area contributed by atoms with E-state index in [0.29, 0.717) is 17.4 Å². The minimum absolute atomic E-state index is 0.207. The van der Waals surface area contributed by atoms with Gasteiger partial charge in [-0.25, -0.2) is 8.42 Å². The average Bonchev–Trinajstić information content (AvgIpc) is 2.59. The van der Waals surface area contributed by atoms with Crippen molar-refractivity contribution in [1.82, 2.24) is 4.98 Å². The van der Waals surface area contributed by atoms with E-state index in [1.165, 1.54) is 18.2 Å². The maximum absolute atomic E-state index is 10.9. The van der Waals surface area contributed by atoms with Crippen molar-refractivity contribution in [3.8, 4) is 0 Å². The van der Waals surface area contributed by atoms with Crippen LogP contribution >= 0.6 is 10.7 Å². The first-order valence-electron chi connectivity index (χ1n) is 3.81. The second-order valence-electron chi connectivity index (χ2n) is 2.76. The van der Waals surface area contributed by atoms with Gasteiger partial charge in [0, 0.05) is 16.2 Å². The summed E-state index contributed by atoms with van der Waals surface area (Å²) in [6.07, 6.45) is 0.622. The van der Waals surface area contributed by atoms with Gasteiger partial charge in [0.2, 0.25) is 0 Å². The summed E-state index contributed by atoms with van der Waals surface area (Å²) in [5.41, 5.74) is 0.913. The molecule has 7 heteroatoms. The van der Waals surface area contributed by atoms with E-state index in [4.69, 9.17) is 15.1 Å². The van der Waals surface area contributed by atoms with Gasteiger partial charge in [-0.05, 0) is 18.2 Å². The van der Waals surface area contributed by atoms with Crippen LogP contribution in [0.3, 0.4) is 0 Å². The van der Waals surface area contributed by atoms with E-state index in [-0.39, 0.29) is 5.58 Å². The molecule has 0 aliphatic rings. The molecule has 0 amide bonds. The number of hydrogen-bond acceptors (Lipinski definition) is 5. The quantitative estimate of drug-likeness (QED) is 0.593. The highest BCUT2D eigenvalue weighted by molar-refractivity contribution is 8.13. The molecule has 0 fully saturated rings. The predicted octanol–water partition coefficient (Wildman–Crippen LogP) is 1.57. The van der Waals surface area contributed by atoms with Crippen LogP contribution in [0.5, 0.6) is 0 Å². The van der Waals surface area contributed by atoms with Gasteiger partial charge in [-0.15, -0.1) is 0 Å². The molecule has 0 saturated heterocycles. The number of oxazole rings is 1. The summed E-state index contributed by atoms with van der Waals surface area (Å²) in [4.78, 5) is 14.1. The number of rotatable bonds is 2. The van der Waals surface area contributed by atoms with Crippen molar-refractivity contribution in [3.63, 3.8) is 0 Å². The van der Waals surface area contributed by atoms with E-state index in [1.807, 2.05) is 0 Å². The number of halogens is 1. The van der Waals surface area contributed by atoms with Crippen molar-refractivity contribution in [2.75, 3.05) is 0 Å². The molecule has 0 saturated carbocycles. The van der Waals surface area contributed by atoms with Gasteiger partial charge in [-0.1, -0.05) is 0 Å². The number of aromatic nitrogens is 1. The Bertz CT molecular complexity index is 631. The molecule has 15 heavy (non-hydrogen) atoms. The van der Waals surface area contributed by atoms with E-state index >= 15 is 0 Å². The van der Waals surface area contributed by atoms with Crippen LogP contribution < -0.4 is 0 Å². The molecule has 1 aromatic heterocycles. The molecule has 5 nitrogen and oxygen atoms in total. The first-order valence-corrected chi connectivity index (χ1v) is 6.12. The van der Waals surface area contributed by atoms with Crippen LogP contribution in [0.4, 0.5) is 0 Å². The van der Waals surface area contributed by atoms with Crippen molar-refractivity contribution in [3.05, 3.63) is 23.8 Å². The molecule has 0 N–H and O–H groups in total. The van der Waals surface area contributed by atoms with Crippen molar-refractivity contribution in [2.24, 2.45) is 0 Å². The Morgan fingerprint density at radius 3 is 2.73 bits per heavy atom. The lowest BCUT2D eigenvalue weighted by atomic mass is 10.2. The van der Waals surface area contributed by atoms with E-state index in [2.05, 4.69) is 4.98 Å². The lowest BCUT2D eigenvalue weighted by Gasteiger charge is -1.87. The fourth-order valence-electron chi connectivity index (χ4n) is 1.10. The van der Waals surface area contributed by atoms with Gasteiger partial charge in [0.15, 0.2) is 5.58 Å². The van der Waals surface area contributed by atoms with Crippen LogP contribution in [0.25, 0.3) is 11.1 Å². The zero-order chi connectivity index (χ0) is 11.1. The number of carbonyl (C=O) groups excluding carboxylic acids is 1. The van der Waals surface area contributed by atoms with Gasteiger partial charge in [0.25, 0.3) is 0 Å². The van der Waals surface area contributed by atoms with Crippen LogP contribution in [0.2, 0.25) is 0 Å². The Morgan fingerprint density at radius 1 is 1.40 bits per heavy atom. The predicted molar refractivity (Wildman–Crippen MR) is 52.4 cm³/mol. The van der Waals surface area contributed by atoms with Crippen LogP contribution in [-0.2, 0) is 9.05 Å². The number of fused-ring (bicyclic) bond motifs is 1. The molecule has 2 aromatic rings. The molecule has 78 valence electrons. The summed E-state index contributed by atoms with van der Waals surface area (Å²) < 4.78 is 26.7. The molecule has 0 spiro atoms. The van der Waals surface area contributed by atoms with Gasteiger partial charge < -0.3 is 4.42 Å². The third kappa shape index (κ3) is 1.86. The zero-order valence-corrected chi connectivity index (χ0v) is 8.75. The van der Waals surface area contributed by atoms with E-state index in [9.17, 15) is 13.2 Å². The topological polar surface area (TPSA) is 77.2 Å². The van der Waals surface area contributed by atoms with Gasteiger partial charge in [0.05, 0.1) is 0 Å². The highest BCUT2D eigenvalue weighted by Gasteiger charge is 2.18. The molecular formula is C8H4ClNO4S. The molecule has 0 atom stereocenters. The molecule has 0 aliphatic heterocycles. The number of benzene rings is 1. The second-order valence-corrected chi connectivity index (χ2v) is 5.21. The summed E-state index contributed by atoms with van der Waals surface area (Å²) in [6, 6.07) is 4.37. The van der Waals surface area contributed by atoms with Crippen molar-refractivity contribution in [1.29, 1.82) is 0 Å². The fourth-order valence-corrected chi connectivity index (χ4v) is 1.69. The van der Waals surface area contributed by atoms with Gasteiger partial charge in [-0.3, -0.25) is 4.79 Å². The molecular weight excluding hydrogens is 242 g/mol. The normalized spacial score (nSPS) is 11.8. The fraction of sp³-hybridized carbons (Fsp3) is 0. The average molecular weight is 246 g/mol. The molecule has 0 aliphatic carbocycles. The molecule has 2 rings (SSSR count). The molecule has 0 radical (unpaired) electrons. The first kappa shape index (κ1) is 10.1. The molecule has 1 aromatic carbocycles. The highest BCUT2D eigenvalue weighted by atomic mass is 35.7. The maximum atomic E-state index is 10.9. The van der Waals surface area contributed by atoms with Gasteiger partial charge in [-0.2, -0.15) is 4.98 Å². The summed E-state index contributed by atoms with van der Waals surface area (Å²) in [5.74, 6) is 0. The smallest absolute Gasteiger partial charge is 0.332 e. The maximum Gasteiger partial charge on any atom is 0.332 e. The Balaban J connectivity index is 2.71. The minimum Gasteiger partial charge on any atom is -0.427 e. The summed E-state index contributed by atoms with van der Waals surface area (Å²) >= 11 is 0. The number of nitrogens with zero attached hydrogens (tertiary/aromatic N) is 1. The first-order chi connectivity index (χ1) is 7.00. The van der Waals surface area contributed by atoms with Crippen molar-refractivity contribution < 1.29 is 17.6 Å². The number of aldehydes is 1. The number of carbonyl (C=O) groups is 1. The standard InChI is InChI=1S/C8H4ClNO4S/c9-15(12,13)8-10-6-2-1-5(4-11)3-7(6)14-8/h1-4H.